The maximum absolute atomic E-state index is 10.9. The summed E-state index contributed by atoms with van der Waals surface area (Å²) >= 11 is 0. The van der Waals surface area contributed by atoms with Gasteiger partial charge in [0.2, 0.25) is 0 Å². The number of nitrogens with one attached hydrogen (secondary N) is 1. The molecule has 0 amide bonds. The summed E-state index contributed by atoms with van der Waals surface area (Å²) in [4.78, 5) is 12.9. The fraction of sp³-hybridized carbons (Fsp3) is 0.600. The molecule has 1 aliphatic rings. The zero-order chi connectivity index (χ0) is 15.6. The number of non-ortho nitro benzene ring substituents is 1. The molecule has 1 aromatic carbocycles. The number of nitro benzene ring substituents is 1. The monoisotopic (exact) mass is 293 g/mol. The van der Waals surface area contributed by atoms with Crippen molar-refractivity contribution in [3.63, 3.8) is 0 Å². The highest BCUT2D eigenvalue weighted by Crippen LogP contribution is 2.32. The van der Waals surface area contributed by atoms with Crippen LogP contribution in [0.4, 0.5) is 11.4 Å². The molecule has 116 valence electrons. The normalized spacial score (nSPS) is 26.4. The van der Waals surface area contributed by atoms with Crippen molar-refractivity contribution in [3.05, 3.63) is 28.3 Å². The average Bonchev–Trinajstić information content (AvgIpc) is 2.44. The first kappa shape index (κ1) is 15.6. The predicted molar refractivity (Wildman–Crippen MR) is 82.9 cm³/mol. The fourth-order valence-electron chi connectivity index (χ4n) is 2.86. The van der Waals surface area contributed by atoms with Crippen LogP contribution in [0.3, 0.4) is 0 Å². The van der Waals surface area contributed by atoms with E-state index in [4.69, 9.17) is 4.74 Å². The van der Waals surface area contributed by atoms with Gasteiger partial charge in [-0.05, 0) is 32.4 Å². The summed E-state index contributed by atoms with van der Waals surface area (Å²) in [6.07, 6.45) is 1.00. The molecule has 0 bridgehead atoms. The standard InChI is InChI=1S/C15H23N3O3/c1-10-9-17(3)11(2)7-13(10)16-14-8-12(18(19)20)5-6-15(14)21-4/h5-6,8,10-11,13,16H,7,9H2,1-4H3. The lowest BCUT2D eigenvalue weighted by molar-refractivity contribution is -0.384. The van der Waals surface area contributed by atoms with Crippen molar-refractivity contribution >= 4 is 11.4 Å². The molecule has 1 aliphatic heterocycles. The summed E-state index contributed by atoms with van der Waals surface area (Å²) < 4.78 is 5.31. The molecule has 0 aromatic heterocycles. The van der Waals surface area contributed by atoms with E-state index in [9.17, 15) is 10.1 Å². The summed E-state index contributed by atoms with van der Waals surface area (Å²) in [6.45, 7) is 5.41. The van der Waals surface area contributed by atoms with Gasteiger partial charge in [-0.15, -0.1) is 0 Å². The van der Waals surface area contributed by atoms with Crippen LogP contribution in [-0.2, 0) is 0 Å². The Labute approximate surface area is 125 Å². The Kier molecular flexibility index (Phi) is 4.67. The number of rotatable bonds is 4. The summed E-state index contributed by atoms with van der Waals surface area (Å²) in [6, 6.07) is 5.43. The second-order valence-electron chi connectivity index (χ2n) is 5.89. The number of hydrogen-bond acceptors (Lipinski definition) is 5. The van der Waals surface area contributed by atoms with Gasteiger partial charge in [0.15, 0.2) is 0 Å². The minimum Gasteiger partial charge on any atom is -0.495 e. The van der Waals surface area contributed by atoms with Gasteiger partial charge in [0.05, 0.1) is 17.7 Å². The molecule has 0 radical (unpaired) electrons. The first-order valence-corrected chi connectivity index (χ1v) is 7.21. The lowest BCUT2D eigenvalue weighted by Gasteiger charge is -2.40. The largest absolute Gasteiger partial charge is 0.495 e. The molecule has 0 saturated carbocycles. The van der Waals surface area contributed by atoms with Crippen molar-refractivity contribution in [2.24, 2.45) is 5.92 Å². The molecule has 2 rings (SSSR count). The van der Waals surface area contributed by atoms with Gasteiger partial charge in [-0.2, -0.15) is 0 Å². The first-order valence-electron chi connectivity index (χ1n) is 7.21. The Hall–Kier alpha value is -1.82. The maximum Gasteiger partial charge on any atom is 0.271 e. The fourth-order valence-corrected chi connectivity index (χ4v) is 2.86. The molecule has 1 heterocycles. The second-order valence-corrected chi connectivity index (χ2v) is 5.89. The third-order valence-electron chi connectivity index (χ3n) is 4.35. The molecule has 6 nitrogen and oxygen atoms in total. The van der Waals surface area contributed by atoms with Crippen molar-refractivity contribution in [1.29, 1.82) is 0 Å². The third-order valence-corrected chi connectivity index (χ3v) is 4.35. The Balaban J connectivity index is 2.21. The Morgan fingerprint density at radius 3 is 2.76 bits per heavy atom. The van der Waals surface area contributed by atoms with Gasteiger partial charge < -0.3 is 15.0 Å². The van der Waals surface area contributed by atoms with Crippen molar-refractivity contribution in [1.82, 2.24) is 4.90 Å². The molecule has 6 heteroatoms. The van der Waals surface area contributed by atoms with Gasteiger partial charge in [-0.25, -0.2) is 0 Å². The molecule has 0 spiro atoms. The lowest BCUT2D eigenvalue weighted by Crippen LogP contribution is -2.48. The highest BCUT2D eigenvalue weighted by atomic mass is 16.6. The SMILES string of the molecule is COc1ccc([N+](=O)[O-])cc1NC1CC(C)N(C)CC1C. The average molecular weight is 293 g/mol. The van der Waals surface area contributed by atoms with E-state index in [0.717, 1.165) is 13.0 Å². The minimum atomic E-state index is -0.384. The summed E-state index contributed by atoms with van der Waals surface area (Å²) in [7, 11) is 3.71. The van der Waals surface area contributed by atoms with Gasteiger partial charge in [-0.3, -0.25) is 10.1 Å². The van der Waals surface area contributed by atoms with E-state index < -0.39 is 0 Å². The number of methoxy groups -OCH3 is 1. The highest BCUT2D eigenvalue weighted by molar-refractivity contribution is 5.62. The Morgan fingerprint density at radius 1 is 1.43 bits per heavy atom. The van der Waals surface area contributed by atoms with Gasteiger partial charge in [0.1, 0.15) is 5.75 Å². The van der Waals surface area contributed by atoms with Crippen LogP contribution < -0.4 is 10.1 Å². The van der Waals surface area contributed by atoms with E-state index in [-0.39, 0.29) is 16.7 Å². The van der Waals surface area contributed by atoms with Gasteiger partial charge in [0.25, 0.3) is 5.69 Å². The van der Waals surface area contributed by atoms with Crippen LogP contribution >= 0.6 is 0 Å². The molecule has 1 aromatic rings. The molecule has 21 heavy (non-hydrogen) atoms. The van der Waals surface area contributed by atoms with Crippen molar-refractivity contribution < 1.29 is 9.66 Å². The molecule has 3 unspecified atom stereocenters. The van der Waals surface area contributed by atoms with E-state index in [0.29, 0.717) is 23.4 Å². The number of benzene rings is 1. The summed E-state index contributed by atoms with van der Waals surface area (Å²) in [5.41, 5.74) is 0.771. The van der Waals surface area contributed by atoms with Gasteiger partial charge >= 0.3 is 0 Å². The van der Waals surface area contributed by atoms with Crippen LogP contribution in [-0.4, -0.2) is 42.6 Å². The highest BCUT2D eigenvalue weighted by Gasteiger charge is 2.29. The number of piperidine rings is 1. The molecule has 0 aliphatic carbocycles. The van der Waals surface area contributed by atoms with Gasteiger partial charge in [0, 0.05) is 30.8 Å². The van der Waals surface area contributed by atoms with Crippen molar-refractivity contribution in [2.75, 3.05) is 26.0 Å². The van der Waals surface area contributed by atoms with Crippen LogP contribution in [0.5, 0.6) is 5.75 Å². The zero-order valence-electron chi connectivity index (χ0n) is 13.0. The third kappa shape index (κ3) is 3.44. The molecular weight excluding hydrogens is 270 g/mol. The van der Waals surface area contributed by atoms with E-state index >= 15 is 0 Å². The number of ether oxygens (including phenoxy) is 1. The minimum absolute atomic E-state index is 0.0759. The Bertz CT molecular complexity index is 521. The second kappa shape index (κ2) is 6.30. The van der Waals surface area contributed by atoms with Crippen LogP contribution in [0, 0.1) is 16.0 Å². The van der Waals surface area contributed by atoms with Gasteiger partial charge in [-0.1, -0.05) is 6.92 Å². The van der Waals surface area contributed by atoms with Crippen molar-refractivity contribution in [2.45, 2.75) is 32.4 Å². The number of anilines is 1. The molecule has 1 N–H and O–H groups in total. The number of nitrogens with zero attached hydrogens (tertiary/aromatic N) is 2. The topological polar surface area (TPSA) is 67.6 Å². The van der Waals surface area contributed by atoms with Crippen LogP contribution in [0.2, 0.25) is 0 Å². The summed E-state index contributed by atoms with van der Waals surface area (Å²) in [5, 5.41) is 14.4. The van der Waals surface area contributed by atoms with E-state index in [1.165, 1.54) is 6.07 Å². The zero-order valence-corrected chi connectivity index (χ0v) is 13.0. The smallest absolute Gasteiger partial charge is 0.271 e. The lowest BCUT2D eigenvalue weighted by atomic mass is 9.89. The molecule has 1 fully saturated rings. The van der Waals surface area contributed by atoms with Crippen LogP contribution in [0.1, 0.15) is 20.3 Å². The molecular formula is C15H23N3O3. The predicted octanol–water partition coefficient (Wildman–Crippen LogP) is 2.74. The van der Waals surface area contributed by atoms with E-state index in [1.54, 1.807) is 19.2 Å². The molecule has 1 saturated heterocycles. The van der Waals surface area contributed by atoms with Crippen LogP contribution in [0.15, 0.2) is 18.2 Å². The quantitative estimate of drug-likeness (QED) is 0.683. The maximum atomic E-state index is 10.9. The number of likely N-dealkylation sites (tertiary alicyclic amines) is 1. The molecule has 3 atom stereocenters. The van der Waals surface area contributed by atoms with Crippen molar-refractivity contribution in [3.8, 4) is 5.75 Å². The van der Waals surface area contributed by atoms with E-state index in [2.05, 4.69) is 31.1 Å². The summed E-state index contributed by atoms with van der Waals surface area (Å²) in [5.74, 6) is 1.11. The number of nitro groups is 1. The van der Waals surface area contributed by atoms with Crippen LogP contribution in [0.25, 0.3) is 0 Å². The van der Waals surface area contributed by atoms with E-state index in [1.807, 2.05) is 0 Å². The number of hydrogen-bond donors (Lipinski definition) is 1. The Morgan fingerprint density at radius 2 is 2.14 bits per heavy atom. The first-order chi connectivity index (χ1) is 9.92.